The van der Waals surface area contributed by atoms with E-state index in [1.165, 1.54) is 24.2 Å². The summed E-state index contributed by atoms with van der Waals surface area (Å²) in [6.07, 6.45) is 2.36. The SMILES string of the molecule is CCN(CC(=O)Nc1nc(C)cs1)C1CCCNC1. The first-order chi connectivity index (χ1) is 9.19. The van der Waals surface area contributed by atoms with Crippen LogP contribution >= 0.6 is 11.3 Å². The summed E-state index contributed by atoms with van der Waals surface area (Å²) < 4.78 is 0. The first kappa shape index (κ1) is 14.4. The van der Waals surface area contributed by atoms with Crippen LogP contribution in [0.15, 0.2) is 5.38 Å². The third-order valence-corrected chi connectivity index (χ3v) is 4.28. The van der Waals surface area contributed by atoms with E-state index in [0.717, 1.165) is 25.3 Å². The van der Waals surface area contributed by atoms with Crippen molar-refractivity contribution in [1.29, 1.82) is 0 Å². The van der Waals surface area contributed by atoms with E-state index in [0.29, 0.717) is 17.7 Å². The molecule has 106 valence electrons. The van der Waals surface area contributed by atoms with Gasteiger partial charge in [0.15, 0.2) is 5.13 Å². The van der Waals surface area contributed by atoms with Crippen LogP contribution in [0.1, 0.15) is 25.5 Å². The number of rotatable bonds is 5. The average Bonchev–Trinajstić information content (AvgIpc) is 2.82. The number of thiazole rings is 1. The second-order valence-corrected chi connectivity index (χ2v) is 5.76. The fourth-order valence-corrected chi connectivity index (χ4v) is 3.10. The minimum absolute atomic E-state index is 0.0294. The van der Waals surface area contributed by atoms with Crippen LogP contribution < -0.4 is 10.6 Å². The molecule has 1 saturated heterocycles. The van der Waals surface area contributed by atoms with Crippen molar-refractivity contribution in [3.05, 3.63) is 11.1 Å². The Bertz CT molecular complexity index is 415. The molecule has 2 heterocycles. The van der Waals surface area contributed by atoms with Gasteiger partial charge >= 0.3 is 0 Å². The Morgan fingerprint density at radius 3 is 3.11 bits per heavy atom. The molecule has 1 aliphatic heterocycles. The number of anilines is 1. The minimum Gasteiger partial charge on any atom is -0.315 e. The van der Waals surface area contributed by atoms with Gasteiger partial charge in [-0.1, -0.05) is 6.92 Å². The van der Waals surface area contributed by atoms with Gasteiger partial charge < -0.3 is 10.6 Å². The molecule has 6 heteroatoms. The number of hydrogen-bond donors (Lipinski definition) is 2. The lowest BCUT2D eigenvalue weighted by Gasteiger charge is -2.33. The molecule has 0 aliphatic carbocycles. The number of hydrogen-bond acceptors (Lipinski definition) is 5. The van der Waals surface area contributed by atoms with Crippen molar-refractivity contribution in [1.82, 2.24) is 15.2 Å². The quantitative estimate of drug-likeness (QED) is 0.858. The van der Waals surface area contributed by atoms with Crippen LogP contribution in [0.25, 0.3) is 0 Å². The first-order valence-corrected chi connectivity index (χ1v) is 7.73. The first-order valence-electron chi connectivity index (χ1n) is 6.85. The Morgan fingerprint density at radius 2 is 2.53 bits per heavy atom. The van der Waals surface area contributed by atoms with Crippen molar-refractivity contribution in [2.75, 3.05) is 31.5 Å². The Kier molecular flexibility index (Phi) is 5.30. The molecule has 0 saturated carbocycles. The van der Waals surface area contributed by atoms with Crippen molar-refractivity contribution >= 4 is 22.4 Å². The maximum Gasteiger partial charge on any atom is 0.240 e. The molecule has 0 aromatic carbocycles. The topological polar surface area (TPSA) is 57.3 Å². The molecular formula is C13H22N4OS. The lowest BCUT2D eigenvalue weighted by atomic mass is 10.1. The van der Waals surface area contributed by atoms with Crippen molar-refractivity contribution in [3.8, 4) is 0 Å². The lowest BCUT2D eigenvalue weighted by Crippen LogP contribution is -2.48. The Balaban J connectivity index is 1.85. The molecule has 19 heavy (non-hydrogen) atoms. The molecule has 1 unspecified atom stereocenters. The Morgan fingerprint density at radius 1 is 1.68 bits per heavy atom. The van der Waals surface area contributed by atoms with Gasteiger partial charge in [-0.3, -0.25) is 9.69 Å². The van der Waals surface area contributed by atoms with E-state index < -0.39 is 0 Å². The molecule has 2 N–H and O–H groups in total. The number of likely N-dealkylation sites (N-methyl/N-ethyl adjacent to an activating group) is 1. The van der Waals surface area contributed by atoms with E-state index in [1.54, 1.807) is 0 Å². The number of amides is 1. The predicted molar refractivity (Wildman–Crippen MR) is 78.6 cm³/mol. The van der Waals surface area contributed by atoms with Crippen molar-refractivity contribution in [3.63, 3.8) is 0 Å². The molecular weight excluding hydrogens is 260 g/mol. The third-order valence-electron chi connectivity index (χ3n) is 3.41. The molecule has 0 bridgehead atoms. The van der Waals surface area contributed by atoms with Gasteiger partial charge in [-0.15, -0.1) is 11.3 Å². The van der Waals surface area contributed by atoms with Crippen LogP contribution in [0.5, 0.6) is 0 Å². The van der Waals surface area contributed by atoms with Crippen molar-refractivity contribution in [2.24, 2.45) is 0 Å². The van der Waals surface area contributed by atoms with Crippen LogP contribution in [0, 0.1) is 6.92 Å². The molecule has 0 radical (unpaired) electrons. The minimum atomic E-state index is 0.0294. The molecule has 5 nitrogen and oxygen atoms in total. The summed E-state index contributed by atoms with van der Waals surface area (Å²) in [5.41, 5.74) is 0.948. The highest BCUT2D eigenvalue weighted by Crippen LogP contribution is 2.15. The van der Waals surface area contributed by atoms with Crippen molar-refractivity contribution in [2.45, 2.75) is 32.7 Å². The van der Waals surface area contributed by atoms with Gasteiger partial charge in [0.05, 0.1) is 12.2 Å². The highest BCUT2D eigenvalue weighted by molar-refractivity contribution is 7.13. The van der Waals surface area contributed by atoms with Crippen LogP contribution in [0.3, 0.4) is 0 Å². The van der Waals surface area contributed by atoms with Crippen LogP contribution in [-0.4, -0.2) is 48.0 Å². The van der Waals surface area contributed by atoms with Gasteiger partial charge in [0.1, 0.15) is 0 Å². The molecule has 1 fully saturated rings. The zero-order valence-electron chi connectivity index (χ0n) is 11.6. The van der Waals surface area contributed by atoms with Crippen LogP contribution in [0.4, 0.5) is 5.13 Å². The van der Waals surface area contributed by atoms with E-state index in [-0.39, 0.29) is 5.91 Å². The summed E-state index contributed by atoms with van der Waals surface area (Å²) in [5, 5.41) is 8.90. The number of carbonyl (C=O) groups is 1. The predicted octanol–water partition coefficient (Wildman–Crippen LogP) is 1.46. The molecule has 0 spiro atoms. The fourth-order valence-electron chi connectivity index (χ4n) is 2.40. The molecule has 1 atom stereocenters. The molecule has 1 aromatic rings. The van der Waals surface area contributed by atoms with Crippen LogP contribution in [-0.2, 0) is 4.79 Å². The average molecular weight is 282 g/mol. The molecule has 1 amide bonds. The molecule has 1 aliphatic rings. The highest BCUT2D eigenvalue weighted by Gasteiger charge is 2.21. The highest BCUT2D eigenvalue weighted by atomic mass is 32.1. The van der Waals surface area contributed by atoms with E-state index in [1.807, 2.05) is 12.3 Å². The van der Waals surface area contributed by atoms with Gasteiger partial charge in [0, 0.05) is 18.0 Å². The number of piperidine rings is 1. The number of carbonyl (C=O) groups excluding carboxylic acids is 1. The van der Waals surface area contributed by atoms with Gasteiger partial charge in [-0.2, -0.15) is 0 Å². The molecule has 1 aromatic heterocycles. The zero-order valence-corrected chi connectivity index (χ0v) is 12.4. The summed E-state index contributed by atoms with van der Waals surface area (Å²) in [6.45, 7) is 7.46. The summed E-state index contributed by atoms with van der Waals surface area (Å²) >= 11 is 1.47. The second kappa shape index (κ2) is 6.98. The Hall–Kier alpha value is -0.980. The monoisotopic (exact) mass is 282 g/mol. The maximum atomic E-state index is 12.0. The third kappa shape index (κ3) is 4.26. The van der Waals surface area contributed by atoms with E-state index in [2.05, 4.69) is 27.4 Å². The number of nitrogens with zero attached hydrogens (tertiary/aromatic N) is 2. The Labute approximate surface area is 118 Å². The van der Waals surface area contributed by atoms with Gasteiger partial charge in [-0.25, -0.2) is 4.98 Å². The zero-order chi connectivity index (χ0) is 13.7. The largest absolute Gasteiger partial charge is 0.315 e. The molecule has 2 rings (SSSR count). The van der Waals surface area contributed by atoms with Gasteiger partial charge in [-0.05, 0) is 32.9 Å². The number of aryl methyl sites for hydroxylation is 1. The fraction of sp³-hybridized carbons (Fsp3) is 0.692. The summed E-state index contributed by atoms with van der Waals surface area (Å²) in [4.78, 5) is 18.5. The normalized spacial score (nSPS) is 19.6. The summed E-state index contributed by atoms with van der Waals surface area (Å²) in [6, 6.07) is 0.475. The lowest BCUT2D eigenvalue weighted by molar-refractivity contribution is -0.117. The van der Waals surface area contributed by atoms with Crippen molar-refractivity contribution < 1.29 is 4.79 Å². The van der Waals surface area contributed by atoms with E-state index >= 15 is 0 Å². The van der Waals surface area contributed by atoms with E-state index in [4.69, 9.17) is 0 Å². The number of nitrogens with one attached hydrogen (secondary N) is 2. The van der Waals surface area contributed by atoms with Crippen LogP contribution in [0.2, 0.25) is 0 Å². The van der Waals surface area contributed by atoms with Gasteiger partial charge in [0.2, 0.25) is 5.91 Å². The maximum absolute atomic E-state index is 12.0. The van der Waals surface area contributed by atoms with E-state index in [9.17, 15) is 4.79 Å². The standard InChI is InChI=1S/C13H22N4OS/c1-3-17(11-5-4-6-14-7-11)8-12(18)16-13-15-10(2)9-19-13/h9,11,14H,3-8H2,1-2H3,(H,15,16,18). The summed E-state index contributed by atoms with van der Waals surface area (Å²) in [5.74, 6) is 0.0294. The smallest absolute Gasteiger partial charge is 0.240 e. The van der Waals surface area contributed by atoms with Gasteiger partial charge in [0.25, 0.3) is 0 Å². The summed E-state index contributed by atoms with van der Waals surface area (Å²) in [7, 11) is 0. The number of aromatic nitrogens is 1. The second-order valence-electron chi connectivity index (χ2n) is 4.91.